The zero-order chi connectivity index (χ0) is 18.6. The van der Waals surface area contributed by atoms with Gasteiger partial charge in [-0.25, -0.2) is 0 Å². The largest absolute Gasteiger partial charge is 0.465 e. The summed E-state index contributed by atoms with van der Waals surface area (Å²) in [5.41, 5.74) is -0.544. The lowest BCUT2D eigenvalue weighted by Crippen LogP contribution is -2.49. The highest BCUT2D eigenvalue weighted by molar-refractivity contribution is 8.02. The molecule has 7 heteroatoms. The smallest absolute Gasteiger partial charge is 0.324 e. The van der Waals surface area contributed by atoms with Crippen LogP contribution in [-0.4, -0.2) is 59.2 Å². The van der Waals surface area contributed by atoms with Crippen molar-refractivity contribution in [2.75, 3.05) is 29.6 Å². The Hall–Kier alpha value is -0.400. The van der Waals surface area contributed by atoms with Crippen LogP contribution < -0.4 is 5.32 Å². The highest BCUT2D eigenvalue weighted by Crippen LogP contribution is 2.12. The van der Waals surface area contributed by atoms with Crippen LogP contribution in [0.15, 0.2) is 0 Å². The lowest BCUT2D eigenvalue weighted by atomic mass is 10.2. The number of hydrogen-bond acceptors (Lipinski definition) is 7. The number of thioether (sulfide) groups is 2. The Kier molecular flexibility index (Phi) is 12.7. The van der Waals surface area contributed by atoms with Gasteiger partial charge in [0.1, 0.15) is 17.7 Å². The molecule has 0 saturated heterocycles. The van der Waals surface area contributed by atoms with Crippen LogP contribution in [0.5, 0.6) is 0 Å². The Morgan fingerprint density at radius 1 is 1.04 bits per heavy atom. The van der Waals surface area contributed by atoms with Crippen molar-refractivity contribution in [3.05, 3.63) is 0 Å². The van der Waals surface area contributed by atoms with E-state index < -0.39 is 17.7 Å². The average Bonchev–Trinajstić information content (AvgIpc) is 2.47. The second kappa shape index (κ2) is 12.9. The Bertz CT molecular complexity index is 372. The molecule has 0 aliphatic heterocycles. The molecule has 1 N–H and O–H groups in total. The van der Waals surface area contributed by atoms with Gasteiger partial charge < -0.3 is 9.47 Å². The molecule has 0 spiro atoms. The average molecular weight is 380 g/mol. The maximum absolute atomic E-state index is 12.1. The zero-order valence-corrected chi connectivity index (χ0v) is 17.5. The van der Waals surface area contributed by atoms with Crippen LogP contribution in [-0.2, 0) is 19.1 Å². The van der Waals surface area contributed by atoms with E-state index in [0.29, 0.717) is 12.4 Å². The zero-order valence-electron chi connectivity index (χ0n) is 15.8. The molecule has 2 atom stereocenters. The molecule has 0 aliphatic carbocycles. The van der Waals surface area contributed by atoms with Gasteiger partial charge in [0.2, 0.25) is 0 Å². The molecule has 142 valence electrons. The lowest BCUT2D eigenvalue weighted by molar-refractivity contribution is -0.157. The number of nitrogens with one attached hydrogen (secondary N) is 1. The van der Waals surface area contributed by atoms with Crippen LogP contribution in [0.1, 0.15) is 48.0 Å². The van der Waals surface area contributed by atoms with E-state index in [-0.39, 0.29) is 11.9 Å². The van der Waals surface area contributed by atoms with Crippen LogP contribution in [0.3, 0.4) is 0 Å². The molecular formula is C17H33NO4S2. The first-order valence-electron chi connectivity index (χ1n) is 8.52. The molecule has 0 heterocycles. The van der Waals surface area contributed by atoms with Crippen LogP contribution in [0, 0.1) is 0 Å². The minimum atomic E-state index is -0.561. The molecule has 1 unspecified atom stereocenters. The minimum absolute atomic E-state index is 0.318. The summed E-state index contributed by atoms with van der Waals surface area (Å²) in [4.78, 5) is 24.2. The fourth-order valence-electron chi connectivity index (χ4n) is 1.75. The molecule has 0 amide bonds. The maximum atomic E-state index is 12.1. The fraction of sp³-hybridized carbons (Fsp3) is 0.882. The molecule has 0 aromatic heterocycles. The molecule has 0 bridgehead atoms. The van der Waals surface area contributed by atoms with Crippen molar-refractivity contribution in [2.45, 2.75) is 65.6 Å². The standard InChI is InChI=1S/C17H33NO4S2/c1-7-9-23-10-11-24-12-14(16(20)21-8-2)18-13(3)15(19)22-17(4,5)6/h13-14,18H,7-12H2,1-6H3/t13?,14-/m0/s1. The van der Waals surface area contributed by atoms with Gasteiger partial charge in [0.25, 0.3) is 0 Å². The van der Waals surface area contributed by atoms with E-state index in [0.717, 1.165) is 17.3 Å². The van der Waals surface area contributed by atoms with E-state index in [9.17, 15) is 9.59 Å². The predicted octanol–water partition coefficient (Wildman–Crippen LogP) is 3.11. The summed E-state index contributed by atoms with van der Waals surface area (Å²) >= 11 is 3.61. The van der Waals surface area contributed by atoms with Crippen LogP contribution >= 0.6 is 23.5 Å². The second-order valence-corrected chi connectivity index (χ2v) is 8.79. The maximum Gasteiger partial charge on any atom is 0.324 e. The van der Waals surface area contributed by atoms with Crippen molar-refractivity contribution in [2.24, 2.45) is 0 Å². The molecular weight excluding hydrogens is 346 g/mol. The molecule has 0 aromatic carbocycles. The summed E-state index contributed by atoms with van der Waals surface area (Å²) in [5, 5.41) is 3.05. The minimum Gasteiger partial charge on any atom is -0.465 e. The van der Waals surface area contributed by atoms with Crippen molar-refractivity contribution in [3.8, 4) is 0 Å². The summed E-state index contributed by atoms with van der Waals surface area (Å²) in [6.45, 7) is 11.5. The third-order valence-corrected chi connectivity index (χ3v) is 5.30. The molecule has 0 aliphatic rings. The fourth-order valence-corrected chi connectivity index (χ4v) is 3.82. The van der Waals surface area contributed by atoms with E-state index in [1.54, 1.807) is 25.6 Å². The Morgan fingerprint density at radius 3 is 2.21 bits per heavy atom. The molecule has 0 rings (SSSR count). The van der Waals surface area contributed by atoms with Gasteiger partial charge in [0.15, 0.2) is 0 Å². The second-order valence-electron chi connectivity index (χ2n) is 6.41. The van der Waals surface area contributed by atoms with Gasteiger partial charge in [-0.2, -0.15) is 23.5 Å². The highest BCUT2D eigenvalue weighted by atomic mass is 32.2. The number of ether oxygens (including phenoxy) is 2. The quantitative estimate of drug-likeness (QED) is 0.413. The van der Waals surface area contributed by atoms with Crippen molar-refractivity contribution < 1.29 is 19.1 Å². The van der Waals surface area contributed by atoms with E-state index in [1.165, 1.54) is 6.42 Å². The van der Waals surface area contributed by atoms with Gasteiger partial charge >= 0.3 is 11.9 Å². The summed E-state index contributed by atoms with van der Waals surface area (Å²) in [6.07, 6.45) is 1.18. The van der Waals surface area contributed by atoms with Gasteiger partial charge in [-0.3, -0.25) is 14.9 Å². The van der Waals surface area contributed by atoms with Gasteiger partial charge in [-0.1, -0.05) is 6.92 Å². The van der Waals surface area contributed by atoms with Gasteiger partial charge in [-0.15, -0.1) is 0 Å². The molecule has 0 aromatic rings. The predicted molar refractivity (Wildman–Crippen MR) is 104 cm³/mol. The first-order chi connectivity index (χ1) is 11.2. The Labute approximate surface area is 155 Å². The van der Waals surface area contributed by atoms with Gasteiger partial charge in [-0.05, 0) is 46.8 Å². The first kappa shape index (κ1) is 23.6. The van der Waals surface area contributed by atoms with E-state index in [1.807, 2.05) is 32.5 Å². The van der Waals surface area contributed by atoms with E-state index in [2.05, 4.69) is 12.2 Å². The molecule has 5 nitrogen and oxygen atoms in total. The van der Waals surface area contributed by atoms with Crippen LogP contribution in [0.4, 0.5) is 0 Å². The third kappa shape index (κ3) is 12.0. The number of esters is 2. The lowest BCUT2D eigenvalue weighted by Gasteiger charge is -2.25. The van der Waals surface area contributed by atoms with Crippen molar-refractivity contribution in [3.63, 3.8) is 0 Å². The summed E-state index contributed by atoms with van der Waals surface area (Å²) in [6, 6.07) is -1.07. The van der Waals surface area contributed by atoms with Gasteiger partial charge in [0, 0.05) is 17.3 Å². The third-order valence-electron chi connectivity index (χ3n) is 2.79. The highest BCUT2D eigenvalue weighted by Gasteiger charge is 2.27. The Morgan fingerprint density at radius 2 is 1.67 bits per heavy atom. The topological polar surface area (TPSA) is 64.6 Å². The molecule has 0 radical (unpaired) electrons. The van der Waals surface area contributed by atoms with Crippen molar-refractivity contribution in [1.82, 2.24) is 5.32 Å². The molecule has 0 saturated carbocycles. The van der Waals surface area contributed by atoms with Gasteiger partial charge in [0.05, 0.1) is 6.61 Å². The Balaban J connectivity index is 4.44. The number of hydrogen-bond donors (Lipinski definition) is 1. The normalized spacial score (nSPS) is 14.1. The SMILES string of the molecule is CCCSCCSC[C@H](NC(C)C(=O)OC(C)(C)C)C(=O)OCC. The van der Waals surface area contributed by atoms with E-state index >= 15 is 0 Å². The molecule has 0 fully saturated rings. The number of rotatable bonds is 12. The first-order valence-corrected chi connectivity index (χ1v) is 10.8. The van der Waals surface area contributed by atoms with Crippen molar-refractivity contribution >= 4 is 35.5 Å². The van der Waals surface area contributed by atoms with E-state index in [4.69, 9.17) is 9.47 Å². The summed E-state index contributed by atoms with van der Waals surface area (Å²) in [5.74, 6) is 3.11. The summed E-state index contributed by atoms with van der Waals surface area (Å²) < 4.78 is 10.5. The van der Waals surface area contributed by atoms with Crippen LogP contribution in [0.2, 0.25) is 0 Å². The molecule has 24 heavy (non-hydrogen) atoms. The number of carbonyl (C=O) groups excluding carboxylic acids is 2. The number of carbonyl (C=O) groups is 2. The summed E-state index contributed by atoms with van der Waals surface area (Å²) in [7, 11) is 0. The monoisotopic (exact) mass is 379 g/mol. The van der Waals surface area contributed by atoms with Crippen molar-refractivity contribution in [1.29, 1.82) is 0 Å². The van der Waals surface area contributed by atoms with Crippen LogP contribution in [0.25, 0.3) is 0 Å².